The number of nitrogens with one attached hydrogen (secondary N) is 1. The fourth-order valence-electron chi connectivity index (χ4n) is 2.26. The number of nitrogens with zero attached hydrogens (tertiary/aromatic N) is 1. The minimum absolute atomic E-state index is 0.0856. The lowest BCUT2D eigenvalue weighted by Crippen LogP contribution is -2.36. The van der Waals surface area contributed by atoms with E-state index < -0.39 is 0 Å². The van der Waals surface area contributed by atoms with Crippen LogP contribution in [0.5, 0.6) is 11.5 Å². The van der Waals surface area contributed by atoms with Crippen molar-refractivity contribution in [2.75, 3.05) is 34.4 Å². The lowest BCUT2D eigenvalue weighted by Gasteiger charge is -2.14. The number of rotatable bonds is 4. The molecule has 1 atom stereocenters. The van der Waals surface area contributed by atoms with Crippen molar-refractivity contribution < 1.29 is 14.3 Å². The SMILES string of the molecule is COc1cc(OC)cc(C(=O)NC2CCN(C)C2)c1. The Morgan fingerprint density at radius 3 is 2.37 bits per heavy atom. The first-order chi connectivity index (χ1) is 9.12. The van der Waals surface area contributed by atoms with E-state index in [4.69, 9.17) is 9.47 Å². The maximum absolute atomic E-state index is 12.2. The van der Waals surface area contributed by atoms with Gasteiger partial charge in [-0.25, -0.2) is 0 Å². The number of benzene rings is 1. The first-order valence-electron chi connectivity index (χ1n) is 6.35. The van der Waals surface area contributed by atoms with Crippen molar-refractivity contribution in [2.24, 2.45) is 0 Å². The Labute approximate surface area is 113 Å². The van der Waals surface area contributed by atoms with Crippen molar-refractivity contribution >= 4 is 5.91 Å². The van der Waals surface area contributed by atoms with Crippen molar-refractivity contribution in [3.63, 3.8) is 0 Å². The molecule has 1 aromatic rings. The summed E-state index contributed by atoms with van der Waals surface area (Å²) in [4.78, 5) is 14.4. The number of carbonyl (C=O) groups excluding carboxylic acids is 1. The van der Waals surface area contributed by atoms with Gasteiger partial charge >= 0.3 is 0 Å². The minimum Gasteiger partial charge on any atom is -0.497 e. The molecule has 1 unspecified atom stereocenters. The van der Waals surface area contributed by atoms with Crippen LogP contribution in [0, 0.1) is 0 Å². The molecule has 0 saturated carbocycles. The molecule has 0 aliphatic carbocycles. The summed E-state index contributed by atoms with van der Waals surface area (Å²) >= 11 is 0. The van der Waals surface area contributed by atoms with E-state index in [9.17, 15) is 4.79 Å². The van der Waals surface area contributed by atoms with E-state index >= 15 is 0 Å². The molecular weight excluding hydrogens is 244 g/mol. The van der Waals surface area contributed by atoms with Crippen LogP contribution in [-0.2, 0) is 0 Å². The molecule has 1 aliphatic heterocycles. The molecule has 0 radical (unpaired) electrons. The van der Waals surface area contributed by atoms with Gasteiger partial charge in [-0.05, 0) is 32.1 Å². The first-order valence-corrected chi connectivity index (χ1v) is 6.35. The number of carbonyl (C=O) groups is 1. The van der Waals surface area contributed by atoms with Gasteiger partial charge in [-0.2, -0.15) is 0 Å². The average molecular weight is 264 g/mol. The van der Waals surface area contributed by atoms with E-state index in [1.54, 1.807) is 32.4 Å². The van der Waals surface area contributed by atoms with Crippen molar-refractivity contribution in [3.05, 3.63) is 23.8 Å². The maximum atomic E-state index is 12.2. The first kappa shape index (κ1) is 13.7. The van der Waals surface area contributed by atoms with Gasteiger partial charge in [0.15, 0.2) is 0 Å². The molecule has 0 spiro atoms. The lowest BCUT2D eigenvalue weighted by atomic mass is 10.1. The zero-order valence-corrected chi connectivity index (χ0v) is 11.6. The Kier molecular flexibility index (Phi) is 4.27. The van der Waals surface area contributed by atoms with Gasteiger partial charge in [0.25, 0.3) is 5.91 Å². The summed E-state index contributed by atoms with van der Waals surface area (Å²) in [5.41, 5.74) is 0.561. The second-order valence-electron chi connectivity index (χ2n) is 4.82. The predicted octanol–water partition coefficient (Wildman–Crippen LogP) is 1.14. The number of ether oxygens (including phenoxy) is 2. The number of hydrogen-bond acceptors (Lipinski definition) is 4. The molecule has 2 rings (SSSR count). The fraction of sp³-hybridized carbons (Fsp3) is 0.500. The monoisotopic (exact) mass is 264 g/mol. The molecule has 1 saturated heterocycles. The van der Waals surface area contributed by atoms with Crippen molar-refractivity contribution in [1.82, 2.24) is 10.2 Å². The van der Waals surface area contributed by atoms with Crippen LogP contribution in [0.2, 0.25) is 0 Å². The third-order valence-electron chi connectivity index (χ3n) is 3.34. The average Bonchev–Trinajstić information content (AvgIpc) is 2.83. The highest BCUT2D eigenvalue weighted by molar-refractivity contribution is 5.95. The third-order valence-corrected chi connectivity index (χ3v) is 3.34. The van der Waals surface area contributed by atoms with E-state index in [0.29, 0.717) is 17.1 Å². The highest BCUT2D eigenvalue weighted by Gasteiger charge is 2.22. The molecule has 1 amide bonds. The molecule has 19 heavy (non-hydrogen) atoms. The van der Waals surface area contributed by atoms with Gasteiger partial charge < -0.3 is 19.7 Å². The third kappa shape index (κ3) is 3.38. The molecule has 0 bridgehead atoms. The highest BCUT2D eigenvalue weighted by atomic mass is 16.5. The van der Waals surface area contributed by atoms with E-state index in [0.717, 1.165) is 19.5 Å². The number of hydrogen-bond donors (Lipinski definition) is 1. The molecular formula is C14H20N2O3. The number of methoxy groups -OCH3 is 2. The zero-order valence-electron chi connectivity index (χ0n) is 11.6. The Morgan fingerprint density at radius 2 is 1.89 bits per heavy atom. The number of likely N-dealkylation sites (tertiary alicyclic amines) is 1. The molecule has 1 heterocycles. The molecule has 0 aromatic heterocycles. The van der Waals surface area contributed by atoms with Gasteiger partial charge in [-0.3, -0.25) is 4.79 Å². The summed E-state index contributed by atoms with van der Waals surface area (Å²) in [6.07, 6.45) is 0.989. The normalized spacial score (nSPS) is 19.2. The summed E-state index contributed by atoms with van der Waals surface area (Å²) in [7, 11) is 5.20. The van der Waals surface area contributed by atoms with Gasteiger partial charge in [0.1, 0.15) is 11.5 Å². The van der Waals surface area contributed by atoms with Crippen LogP contribution in [0.25, 0.3) is 0 Å². The van der Waals surface area contributed by atoms with Gasteiger partial charge in [-0.15, -0.1) is 0 Å². The summed E-state index contributed by atoms with van der Waals surface area (Å²) < 4.78 is 10.3. The Hall–Kier alpha value is -1.75. The van der Waals surface area contributed by atoms with E-state index in [1.165, 1.54) is 0 Å². The second kappa shape index (κ2) is 5.93. The Morgan fingerprint density at radius 1 is 1.26 bits per heavy atom. The van der Waals surface area contributed by atoms with Crippen molar-refractivity contribution in [1.29, 1.82) is 0 Å². The van der Waals surface area contributed by atoms with E-state index in [2.05, 4.69) is 17.3 Å². The molecule has 1 N–H and O–H groups in total. The Bertz CT molecular complexity index is 440. The molecule has 1 aliphatic rings. The fourth-order valence-corrected chi connectivity index (χ4v) is 2.26. The van der Waals surface area contributed by atoms with Crippen LogP contribution >= 0.6 is 0 Å². The van der Waals surface area contributed by atoms with Crippen LogP contribution < -0.4 is 14.8 Å². The maximum Gasteiger partial charge on any atom is 0.251 e. The zero-order chi connectivity index (χ0) is 13.8. The summed E-state index contributed by atoms with van der Waals surface area (Å²) in [5.74, 6) is 1.15. The second-order valence-corrected chi connectivity index (χ2v) is 4.82. The smallest absolute Gasteiger partial charge is 0.251 e. The van der Waals surface area contributed by atoms with Crippen LogP contribution in [-0.4, -0.2) is 51.2 Å². The largest absolute Gasteiger partial charge is 0.497 e. The highest BCUT2D eigenvalue weighted by Crippen LogP contribution is 2.22. The molecule has 1 aromatic carbocycles. The number of amides is 1. The van der Waals surface area contributed by atoms with E-state index in [-0.39, 0.29) is 11.9 Å². The lowest BCUT2D eigenvalue weighted by molar-refractivity contribution is 0.0937. The van der Waals surface area contributed by atoms with Gasteiger partial charge in [0.05, 0.1) is 14.2 Å². The molecule has 1 fully saturated rings. The van der Waals surface area contributed by atoms with E-state index in [1.807, 2.05) is 0 Å². The van der Waals surface area contributed by atoms with Crippen molar-refractivity contribution in [3.8, 4) is 11.5 Å². The molecule has 5 nitrogen and oxygen atoms in total. The molecule has 5 heteroatoms. The summed E-state index contributed by atoms with van der Waals surface area (Å²) in [5, 5.41) is 3.04. The number of likely N-dealkylation sites (N-methyl/N-ethyl adjacent to an activating group) is 1. The molecule has 104 valence electrons. The predicted molar refractivity (Wildman–Crippen MR) is 72.9 cm³/mol. The quantitative estimate of drug-likeness (QED) is 0.886. The van der Waals surface area contributed by atoms with Crippen LogP contribution in [0.1, 0.15) is 16.8 Å². The standard InChI is InChI=1S/C14H20N2O3/c1-16-5-4-11(9-16)15-14(17)10-6-12(18-2)8-13(7-10)19-3/h6-8,11H,4-5,9H2,1-3H3,(H,15,17). The van der Waals surface area contributed by atoms with Crippen molar-refractivity contribution in [2.45, 2.75) is 12.5 Å². The topological polar surface area (TPSA) is 50.8 Å². The van der Waals surface area contributed by atoms with Crippen LogP contribution in [0.4, 0.5) is 0 Å². The summed E-state index contributed by atoms with van der Waals surface area (Å²) in [6.45, 7) is 1.92. The van der Waals surface area contributed by atoms with Crippen LogP contribution in [0.3, 0.4) is 0 Å². The van der Waals surface area contributed by atoms with Gasteiger partial charge in [0.2, 0.25) is 0 Å². The summed E-state index contributed by atoms with van der Waals surface area (Å²) in [6, 6.07) is 5.40. The van der Waals surface area contributed by atoms with Gasteiger partial charge in [0, 0.05) is 24.2 Å². The minimum atomic E-state index is -0.0856. The van der Waals surface area contributed by atoms with Gasteiger partial charge in [-0.1, -0.05) is 0 Å². The van der Waals surface area contributed by atoms with Crippen LogP contribution in [0.15, 0.2) is 18.2 Å². The Balaban J connectivity index is 2.09.